The van der Waals surface area contributed by atoms with Gasteiger partial charge >= 0.3 is 12.3 Å². The van der Waals surface area contributed by atoms with Crippen LogP contribution < -0.4 is 4.74 Å². The SMILES string of the molecule is CCOC(=O)Cc1cc(C(F)F)c(OC(F)(F)F)cc1C#N. The molecule has 1 rings (SSSR count). The Morgan fingerprint density at radius 1 is 1.36 bits per heavy atom. The second-order valence-corrected chi connectivity index (χ2v) is 3.99. The van der Waals surface area contributed by atoms with Crippen molar-refractivity contribution in [2.45, 2.75) is 26.1 Å². The third-order valence-corrected chi connectivity index (χ3v) is 2.46. The molecule has 0 saturated heterocycles. The summed E-state index contributed by atoms with van der Waals surface area (Å²) in [6.45, 7) is 1.56. The maximum absolute atomic E-state index is 12.9. The molecule has 0 fully saturated rings. The molecule has 0 aromatic heterocycles. The summed E-state index contributed by atoms with van der Waals surface area (Å²) in [5.74, 6) is -1.96. The van der Waals surface area contributed by atoms with Crippen LogP contribution in [0.25, 0.3) is 0 Å². The van der Waals surface area contributed by atoms with Gasteiger partial charge in [0.25, 0.3) is 6.43 Å². The zero-order chi connectivity index (χ0) is 16.9. The molecule has 0 amide bonds. The summed E-state index contributed by atoms with van der Waals surface area (Å²) in [4.78, 5) is 11.3. The predicted molar refractivity (Wildman–Crippen MR) is 63.1 cm³/mol. The molecule has 22 heavy (non-hydrogen) atoms. The molecule has 1 aromatic rings. The van der Waals surface area contributed by atoms with E-state index in [9.17, 15) is 26.7 Å². The highest BCUT2D eigenvalue weighted by molar-refractivity contribution is 5.74. The van der Waals surface area contributed by atoms with Crippen molar-refractivity contribution in [3.8, 4) is 11.8 Å². The lowest BCUT2D eigenvalue weighted by atomic mass is 10.0. The van der Waals surface area contributed by atoms with E-state index in [0.29, 0.717) is 12.1 Å². The number of rotatable bonds is 5. The van der Waals surface area contributed by atoms with Crippen LogP contribution in [-0.2, 0) is 16.0 Å². The van der Waals surface area contributed by atoms with Crippen molar-refractivity contribution in [3.63, 3.8) is 0 Å². The number of nitrogens with zero attached hydrogens (tertiary/aromatic N) is 1. The molecule has 0 atom stereocenters. The van der Waals surface area contributed by atoms with Crippen LogP contribution in [0, 0.1) is 11.3 Å². The van der Waals surface area contributed by atoms with Gasteiger partial charge in [-0.1, -0.05) is 0 Å². The van der Waals surface area contributed by atoms with Gasteiger partial charge < -0.3 is 9.47 Å². The summed E-state index contributed by atoms with van der Waals surface area (Å²) >= 11 is 0. The summed E-state index contributed by atoms with van der Waals surface area (Å²) < 4.78 is 70.4. The van der Waals surface area contributed by atoms with Crippen molar-refractivity contribution in [2.24, 2.45) is 0 Å². The molecule has 0 aliphatic carbocycles. The number of benzene rings is 1. The monoisotopic (exact) mass is 323 g/mol. The largest absolute Gasteiger partial charge is 0.573 e. The van der Waals surface area contributed by atoms with Gasteiger partial charge in [-0.2, -0.15) is 5.26 Å². The molecule has 0 aliphatic rings. The molecule has 4 nitrogen and oxygen atoms in total. The van der Waals surface area contributed by atoms with Crippen LogP contribution in [0.3, 0.4) is 0 Å². The highest BCUT2D eigenvalue weighted by Gasteiger charge is 2.34. The lowest BCUT2D eigenvalue weighted by Crippen LogP contribution is -2.19. The number of nitriles is 1. The normalized spacial score (nSPS) is 11.2. The van der Waals surface area contributed by atoms with E-state index in [4.69, 9.17) is 5.26 Å². The topological polar surface area (TPSA) is 59.3 Å². The maximum Gasteiger partial charge on any atom is 0.573 e. The van der Waals surface area contributed by atoms with E-state index in [-0.39, 0.29) is 17.7 Å². The van der Waals surface area contributed by atoms with Gasteiger partial charge in [-0.3, -0.25) is 4.79 Å². The van der Waals surface area contributed by atoms with Crippen LogP contribution in [0.15, 0.2) is 12.1 Å². The molecule has 9 heteroatoms. The average molecular weight is 323 g/mol. The Bertz CT molecular complexity index is 593. The van der Waals surface area contributed by atoms with Crippen molar-refractivity contribution in [1.82, 2.24) is 0 Å². The minimum absolute atomic E-state index is 0.0394. The summed E-state index contributed by atoms with van der Waals surface area (Å²) in [5, 5.41) is 8.89. The van der Waals surface area contributed by atoms with Gasteiger partial charge in [-0.05, 0) is 24.6 Å². The number of esters is 1. The van der Waals surface area contributed by atoms with Crippen LogP contribution >= 0.6 is 0 Å². The van der Waals surface area contributed by atoms with E-state index in [0.717, 1.165) is 0 Å². The summed E-state index contributed by atoms with van der Waals surface area (Å²) in [6, 6.07) is 2.71. The molecule has 120 valence electrons. The summed E-state index contributed by atoms with van der Waals surface area (Å²) in [6.07, 6.45) is -8.96. The van der Waals surface area contributed by atoms with Crippen molar-refractivity contribution >= 4 is 5.97 Å². The Hall–Kier alpha value is -2.37. The minimum atomic E-state index is -5.18. The Kier molecular flexibility index (Phi) is 5.68. The van der Waals surface area contributed by atoms with Crippen molar-refractivity contribution < 1.29 is 36.2 Å². The molecule has 0 spiro atoms. The molecule has 0 bridgehead atoms. The zero-order valence-electron chi connectivity index (χ0n) is 11.2. The first-order chi connectivity index (χ1) is 10.2. The predicted octanol–water partition coefficient (Wildman–Crippen LogP) is 3.50. The van der Waals surface area contributed by atoms with Crippen LogP contribution in [0.2, 0.25) is 0 Å². The van der Waals surface area contributed by atoms with Gasteiger partial charge in [0.15, 0.2) is 0 Å². The Morgan fingerprint density at radius 2 is 2.00 bits per heavy atom. The Morgan fingerprint density at radius 3 is 2.45 bits per heavy atom. The highest BCUT2D eigenvalue weighted by atomic mass is 19.4. The van der Waals surface area contributed by atoms with Gasteiger partial charge in [0.05, 0.1) is 30.2 Å². The van der Waals surface area contributed by atoms with Gasteiger partial charge in [0, 0.05) is 0 Å². The fourth-order valence-electron chi connectivity index (χ4n) is 1.65. The smallest absolute Gasteiger partial charge is 0.466 e. The molecule has 0 unspecified atom stereocenters. The molecular formula is C13H10F5NO3. The fourth-order valence-corrected chi connectivity index (χ4v) is 1.65. The number of alkyl halides is 5. The van der Waals surface area contributed by atoms with Gasteiger partial charge in [-0.25, -0.2) is 8.78 Å². The summed E-state index contributed by atoms with van der Waals surface area (Å²) in [7, 11) is 0. The van der Waals surface area contributed by atoms with Crippen molar-refractivity contribution in [3.05, 3.63) is 28.8 Å². The fraction of sp³-hybridized carbons (Fsp3) is 0.385. The van der Waals surface area contributed by atoms with Crippen molar-refractivity contribution in [1.29, 1.82) is 5.26 Å². The van der Waals surface area contributed by atoms with E-state index in [1.807, 2.05) is 0 Å². The van der Waals surface area contributed by atoms with Gasteiger partial charge in [-0.15, -0.1) is 13.2 Å². The third-order valence-electron chi connectivity index (χ3n) is 2.46. The number of halogens is 5. The number of carbonyl (C=O) groups excluding carboxylic acids is 1. The Labute approximate surface area is 122 Å². The number of hydrogen-bond acceptors (Lipinski definition) is 4. The average Bonchev–Trinajstić information content (AvgIpc) is 2.38. The molecule has 0 radical (unpaired) electrons. The second-order valence-electron chi connectivity index (χ2n) is 3.99. The lowest BCUT2D eigenvalue weighted by molar-refractivity contribution is -0.275. The highest BCUT2D eigenvalue weighted by Crippen LogP contribution is 2.35. The zero-order valence-corrected chi connectivity index (χ0v) is 11.2. The van der Waals surface area contributed by atoms with Crippen LogP contribution in [0.5, 0.6) is 5.75 Å². The second kappa shape index (κ2) is 7.06. The van der Waals surface area contributed by atoms with E-state index < -0.39 is 36.5 Å². The molecule has 0 saturated carbocycles. The van der Waals surface area contributed by atoms with E-state index >= 15 is 0 Å². The van der Waals surface area contributed by atoms with Gasteiger partial charge in [0.2, 0.25) is 0 Å². The molecule has 0 heterocycles. The number of hydrogen-bond donors (Lipinski definition) is 0. The van der Waals surface area contributed by atoms with Gasteiger partial charge in [0.1, 0.15) is 5.75 Å². The van der Waals surface area contributed by atoms with Crippen LogP contribution in [0.1, 0.15) is 30.0 Å². The van der Waals surface area contributed by atoms with Crippen LogP contribution in [0.4, 0.5) is 22.0 Å². The maximum atomic E-state index is 12.9. The quantitative estimate of drug-likeness (QED) is 0.615. The number of carbonyl (C=O) groups is 1. The van der Waals surface area contributed by atoms with E-state index in [1.165, 1.54) is 13.0 Å². The third kappa shape index (κ3) is 4.87. The molecular weight excluding hydrogens is 313 g/mol. The number of ether oxygens (including phenoxy) is 2. The molecule has 0 aliphatic heterocycles. The first-order valence-electron chi connectivity index (χ1n) is 5.94. The minimum Gasteiger partial charge on any atom is -0.466 e. The van der Waals surface area contributed by atoms with Crippen molar-refractivity contribution in [2.75, 3.05) is 6.61 Å². The van der Waals surface area contributed by atoms with E-state index in [1.54, 1.807) is 0 Å². The van der Waals surface area contributed by atoms with E-state index in [2.05, 4.69) is 9.47 Å². The van der Waals surface area contributed by atoms with Crippen LogP contribution in [-0.4, -0.2) is 18.9 Å². The molecule has 0 N–H and O–H groups in total. The first kappa shape index (κ1) is 17.7. The summed E-state index contributed by atoms with van der Waals surface area (Å²) in [5.41, 5.74) is -1.60. The standard InChI is InChI=1S/C13H10F5NO3/c1-2-21-11(20)5-7-3-9(12(14)15)10(4-8(7)6-19)22-13(16,17)18/h3-4,12H,2,5H2,1H3. The first-order valence-corrected chi connectivity index (χ1v) is 5.94. The molecule has 1 aromatic carbocycles. The lowest BCUT2D eigenvalue weighted by Gasteiger charge is -2.15. The Balaban J connectivity index is 3.28.